The van der Waals surface area contributed by atoms with E-state index in [9.17, 15) is 0 Å². The molecule has 3 atom stereocenters. The summed E-state index contributed by atoms with van der Waals surface area (Å²) in [7, 11) is 0. The summed E-state index contributed by atoms with van der Waals surface area (Å²) in [5.74, 6) is 1.93. The molecule has 1 nitrogen and oxygen atoms in total. The molecule has 0 amide bonds. The van der Waals surface area contributed by atoms with Crippen LogP contribution in [0, 0.1) is 11.8 Å². The lowest BCUT2D eigenvalue weighted by Gasteiger charge is -2.39. The molecule has 0 spiro atoms. The Morgan fingerprint density at radius 3 is 2.69 bits per heavy atom. The summed E-state index contributed by atoms with van der Waals surface area (Å²) < 4.78 is 5.89. The van der Waals surface area contributed by atoms with Gasteiger partial charge in [0.1, 0.15) is 0 Å². The van der Waals surface area contributed by atoms with Gasteiger partial charge in [-0.1, -0.05) is 32.6 Å². The molecule has 0 aromatic rings. The molecule has 1 heteroatoms. The van der Waals surface area contributed by atoms with Crippen LogP contribution >= 0.6 is 0 Å². The maximum Gasteiger partial charge on any atom is 0.0578 e. The van der Waals surface area contributed by atoms with E-state index in [1.165, 1.54) is 44.9 Å². The highest BCUT2D eigenvalue weighted by Gasteiger charge is 2.32. The van der Waals surface area contributed by atoms with Crippen LogP contribution in [-0.4, -0.2) is 12.7 Å². The highest BCUT2D eigenvalue weighted by Crippen LogP contribution is 2.38. The van der Waals surface area contributed by atoms with Gasteiger partial charge in [-0.3, -0.25) is 0 Å². The number of hydrogen-bond acceptors (Lipinski definition) is 1. The van der Waals surface area contributed by atoms with E-state index >= 15 is 0 Å². The molecule has 0 radical (unpaired) electrons. The third kappa shape index (κ3) is 2.25. The average molecular weight is 182 g/mol. The molecule has 0 bridgehead atoms. The van der Waals surface area contributed by atoms with Crippen molar-refractivity contribution in [3.63, 3.8) is 0 Å². The van der Waals surface area contributed by atoms with Crippen LogP contribution in [0.3, 0.4) is 0 Å². The van der Waals surface area contributed by atoms with E-state index in [-0.39, 0.29) is 0 Å². The second-order valence-corrected chi connectivity index (χ2v) is 4.78. The van der Waals surface area contributed by atoms with Crippen molar-refractivity contribution < 1.29 is 4.74 Å². The van der Waals surface area contributed by atoms with Crippen LogP contribution < -0.4 is 0 Å². The fourth-order valence-electron chi connectivity index (χ4n) is 3.00. The molecular weight excluding hydrogens is 160 g/mol. The second-order valence-electron chi connectivity index (χ2n) is 4.78. The summed E-state index contributed by atoms with van der Waals surface area (Å²) in [6, 6.07) is 0. The van der Waals surface area contributed by atoms with Gasteiger partial charge in [0.2, 0.25) is 0 Å². The standard InChI is InChI=1S/C12H22O/c1-2-5-12-8-10-6-3-4-7-11(10)9-13-12/h10-12H,2-9H2,1H3. The summed E-state index contributed by atoms with van der Waals surface area (Å²) in [5, 5.41) is 0. The molecule has 2 fully saturated rings. The third-order valence-electron chi connectivity index (χ3n) is 3.79. The van der Waals surface area contributed by atoms with Crippen molar-refractivity contribution in [2.45, 2.75) is 58.0 Å². The largest absolute Gasteiger partial charge is 0.378 e. The summed E-state index contributed by atoms with van der Waals surface area (Å²) >= 11 is 0. The molecule has 2 aliphatic rings. The average Bonchev–Trinajstić information content (AvgIpc) is 2.18. The minimum absolute atomic E-state index is 0.601. The molecule has 1 aliphatic heterocycles. The van der Waals surface area contributed by atoms with Crippen molar-refractivity contribution in [2.24, 2.45) is 11.8 Å². The van der Waals surface area contributed by atoms with Crippen molar-refractivity contribution in [2.75, 3.05) is 6.61 Å². The van der Waals surface area contributed by atoms with Crippen LogP contribution in [0.1, 0.15) is 51.9 Å². The molecule has 76 valence electrons. The summed E-state index contributed by atoms with van der Waals surface area (Å²) in [6.45, 7) is 3.33. The van der Waals surface area contributed by atoms with Crippen molar-refractivity contribution in [3.05, 3.63) is 0 Å². The van der Waals surface area contributed by atoms with Crippen LogP contribution in [-0.2, 0) is 4.74 Å². The fourth-order valence-corrected chi connectivity index (χ4v) is 3.00. The molecule has 0 aromatic carbocycles. The van der Waals surface area contributed by atoms with E-state index in [1.807, 2.05) is 0 Å². The van der Waals surface area contributed by atoms with E-state index in [1.54, 1.807) is 0 Å². The molecule has 1 saturated heterocycles. The van der Waals surface area contributed by atoms with Gasteiger partial charge >= 0.3 is 0 Å². The zero-order valence-corrected chi connectivity index (χ0v) is 8.80. The van der Waals surface area contributed by atoms with Crippen LogP contribution in [0.25, 0.3) is 0 Å². The smallest absolute Gasteiger partial charge is 0.0578 e. The number of rotatable bonds is 2. The molecular formula is C12H22O. The van der Waals surface area contributed by atoms with Gasteiger partial charge in [-0.15, -0.1) is 0 Å². The predicted molar refractivity (Wildman–Crippen MR) is 54.7 cm³/mol. The van der Waals surface area contributed by atoms with Crippen LogP contribution in [0.5, 0.6) is 0 Å². The first kappa shape index (κ1) is 9.51. The summed E-state index contributed by atoms with van der Waals surface area (Å²) in [5.41, 5.74) is 0. The molecule has 0 N–H and O–H groups in total. The van der Waals surface area contributed by atoms with Gasteiger partial charge in [0.25, 0.3) is 0 Å². The van der Waals surface area contributed by atoms with Gasteiger partial charge < -0.3 is 4.74 Å². The Morgan fingerprint density at radius 1 is 1.15 bits per heavy atom. The van der Waals surface area contributed by atoms with Gasteiger partial charge in [0.15, 0.2) is 0 Å². The second kappa shape index (κ2) is 4.45. The third-order valence-corrected chi connectivity index (χ3v) is 3.79. The van der Waals surface area contributed by atoms with Gasteiger partial charge in [0, 0.05) is 0 Å². The minimum atomic E-state index is 0.601. The van der Waals surface area contributed by atoms with Gasteiger partial charge in [0.05, 0.1) is 12.7 Å². The lowest BCUT2D eigenvalue weighted by Crippen LogP contribution is -2.35. The molecule has 1 saturated carbocycles. The first-order chi connectivity index (χ1) is 6.40. The summed E-state index contributed by atoms with van der Waals surface area (Å²) in [4.78, 5) is 0. The molecule has 13 heavy (non-hydrogen) atoms. The Bertz CT molecular complexity index is 155. The lowest BCUT2D eigenvalue weighted by molar-refractivity contribution is -0.0624. The maximum absolute atomic E-state index is 5.89. The quantitative estimate of drug-likeness (QED) is 0.636. The Kier molecular flexibility index (Phi) is 3.26. The van der Waals surface area contributed by atoms with Crippen LogP contribution in [0.4, 0.5) is 0 Å². The van der Waals surface area contributed by atoms with Crippen molar-refractivity contribution in [1.82, 2.24) is 0 Å². The van der Waals surface area contributed by atoms with E-state index in [0.29, 0.717) is 6.10 Å². The van der Waals surface area contributed by atoms with E-state index < -0.39 is 0 Å². The zero-order valence-electron chi connectivity index (χ0n) is 8.80. The van der Waals surface area contributed by atoms with Gasteiger partial charge in [-0.25, -0.2) is 0 Å². The summed E-state index contributed by atoms with van der Waals surface area (Å²) in [6.07, 6.45) is 10.4. The Hall–Kier alpha value is -0.0400. The number of hydrogen-bond donors (Lipinski definition) is 0. The highest BCUT2D eigenvalue weighted by molar-refractivity contribution is 4.81. The van der Waals surface area contributed by atoms with E-state index in [4.69, 9.17) is 4.74 Å². The molecule has 0 aromatic heterocycles. The minimum Gasteiger partial charge on any atom is -0.378 e. The lowest BCUT2D eigenvalue weighted by atomic mass is 9.75. The normalized spacial score (nSPS) is 39.9. The molecule has 1 heterocycles. The van der Waals surface area contributed by atoms with Crippen LogP contribution in [0.2, 0.25) is 0 Å². The monoisotopic (exact) mass is 182 g/mol. The first-order valence-electron chi connectivity index (χ1n) is 6.01. The molecule has 2 rings (SSSR count). The Balaban J connectivity index is 1.84. The topological polar surface area (TPSA) is 9.23 Å². The predicted octanol–water partition coefficient (Wildman–Crippen LogP) is 3.38. The number of ether oxygens (including phenoxy) is 1. The van der Waals surface area contributed by atoms with Crippen molar-refractivity contribution >= 4 is 0 Å². The van der Waals surface area contributed by atoms with E-state index in [0.717, 1.165) is 18.4 Å². The Morgan fingerprint density at radius 2 is 1.92 bits per heavy atom. The molecule has 3 unspecified atom stereocenters. The van der Waals surface area contributed by atoms with Crippen molar-refractivity contribution in [3.8, 4) is 0 Å². The SMILES string of the molecule is CCCC1CC2CCCCC2CO1. The van der Waals surface area contributed by atoms with Gasteiger partial charge in [-0.05, 0) is 31.1 Å². The fraction of sp³-hybridized carbons (Fsp3) is 1.00. The maximum atomic E-state index is 5.89. The van der Waals surface area contributed by atoms with Gasteiger partial charge in [-0.2, -0.15) is 0 Å². The van der Waals surface area contributed by atoms with Crippen LogP contribution in [0.15, 0.2) is 0 Å². The molecule has 1 aliphatic carbocycles. The zero-order chi connectivity index (χ0) is 9.10. The number of fused-ring (bicyclic) bond motifs is 1. The van der Waals surface area contributed by atoms with E-state index in [2.05, 4.69) is 6.92 Å². The van der Waals surface area contributed by atoms with Crippen molar-refractivity contribution in [1.29, 1.82) is 0 Å². The highest BCUT2D eigenvalue weighted by atomic mass is 16.5. The Labute approximate surface area is 81.9 Å². The first-order valence-corrected chi connectivity index (χ1v) is 6.01.